The molecule has 0 unspecified atom stereocenters. The van der Waals surface area contributed by atoms with Crippen LogP contribution in [0.25, 0.3) is 33.2 Å². The average Bonchev–Trinajstić information content (AvgIpc) is 2.66. The number of nitrogens with zero attached hydrogens (tertiary/aromatic N) is 3. The molecule has 0 radical (unpaired) electrons. The Morgan fingerprint density at radius 2 is 1.80 bits per heavy atom. The molecule has 0 atom stereocenters. The van der Waals surface area contributed by atoms with E-state index < -0.39 is 0 Å². The van der Waals surface area contributed by atoms with E-state index in [0.29, 0.717) is 22.4 Å². The Morgan fingerprint density at radius 1 is 1.00 bits per heavy atom. The molecule has 25 heavy (non-hydrogen) atoms. The minimum absolute atomic E-state index is 0.454. The van der Waals surface area contributed by atoms with Crippen molar-refractivity contribution in [3.05, 3.63) is 66.2 Å². The van der Waals surface area contributed by atoms with E-state index in [2.05, 4.69) is 10.1 Å². The Balaban J connectivity index is 1.94. The fourth-order valence-electron chi connectivity index (χ4n) is 2.86. The first-order valence-electron chi connectivity index (χ1n) is 7.94. The molecule has 0 aliphatic heterocycles. The van der Waals surface area contributed by atoms with Gasteiger partial charge >= 0.3 is 0 Å². The van der Waals surface area contributed by atoms with Crippen LogP contribution in [0.1, 0.15) is 0 Å². The molecule has 0 aliphatic carbocycles. The molecule has 0 fully saturated rings. The number of pyridine rings is 1. The largest absolute Gasteiger partial charge is 0.454 e. The van der Waals surface area contributed by atoms with Crippen LogP contribution in [0.5, 0.6) is 0 Å². The van der Waals surface area contributed by atoms with E-state index in [0.717, 1.165) is 21.8 Å². The summed E-state index contributed by atoms with van der Waals surface area (Å²) in [5.74, 6) is 0.559. The molecule has 0 spiro atoms. The van der Waals surface area contributed by atoms with Crippen molar-refractivity contribution in [3.63, 3.8) is 0 Å². The van der Waals surface area contributed by atoms with Crippen LogP contribution in [-0.4, -0.2) is 24.3 Å². The number of rotatable bonds is 2. The Labute approximate surface area is 144 Å². The van der Waals surface area contributed by atoms with Crippen LogP contribution in [0.3, 0.4) is 0 Å². The van der Waals surface area contributed by atoms with Gasteiger partial charge in [-0.15, -0.1) is 0 Å². The average molecular weight is 331 g/mol. The molecule has 4 aromatic rings. The molecule has 2 aromatic heterocycles. The van der Waals surface area contributed by atoms with Crippen LogP contribution in [0.4, 0.5) is 5.69 Å². The van der Waals surface area contributed by atoms with E-state index in [1.54, 1.807) is 6.07 Å². The molecule has 0 amide bonds. The second kappa shape index (κ2) is 5.94. The van der Waals surface area contributed by atoms with E-state index in [1.165, 1.54) is 0 Å². The van der Waals surface area contributed by atoms with E-state index in [9.17, 15) is 5.21 Å². The summed E-state index contributed by atoms with van der Waals surface area (Å²) in [5.41, 5.74) is 2.34. The van der Waals surface area contributed by atoms with Gasteiger partial charge in [0.1, 0.15) is 16.6 Å². The lowest BCUT2D eigenvalue weighted by Gasteiger charge is -2.13. The van der Waals surface area contributed by atoms with Gasteiger partial charge in [0.2, 0.25) is 0 Å². The summed E-state index contributed by atoms with van der Waals surface area (Å²) in [6.07, 6.45) is 1.81. The van der Waals surface area contributed by atoms with Gasteiger partial charge in [0, 0.05) is 42.8 Å². The Hall–Kier alpha value is -3.34. The molecule has 5 heteroatoms. The van der Waals surface area contributed by atoms with Crippen molar-refractivity contribution in [3.8, 4) is 11.5 Å². The summed E-state index contributed by atoms with van der Waals surface area (Å²) in [7, 11) is 3.92. The lowest BCUT2D eigenvalue weighted by molar-refractivity contribution is 0.302. The van der Waals surface area contributed by atoms with Crippen molar-refractivity contribution in [2.24, 2.45) is 5.16 Å². The molecule has 2 heterocycles. The second-order valence-electron chi connectivity index (χ2n) is 6.09. The molecule has 0 saturated heterocycles. The minimum Gasteiger partial charge on any atom is -0.454 e. The summed E-state index contributed by atoms with van der Waals surface area (Å²) in [6, 6.07) is 17.5. The van der Waals surface area contributed by atoms with Gasteiger partial charge in [-0.2, -0.15) is 0 Å². The van der Waals surface area contributed by atoms with Crippen molar-refractivity contribution in [2.75, 3.05) is 19.0 Å². The van der Waals surface area contributed by atoms with Crippen molar-refractivity contribution >= 4 is 27.4 Å². The SMILES string of the molecule is CN(C)c1ccc2oc(-c3cc4ccccc4cn3)c/c(=N\O)c2c1. The van der Waals surface area contributed by atoms with Gasteiger partial charge in [0.05, 0.1) is 0 Å². The van der Waals surface area contributed by atoms with Gasteiger partial charge in [0.15, 0.2) is 5.76 Å². The van der Waals surface area contributed by atoms with Crippen LogP contribution in [-0.2, 0) is 0 Å². The molecule has 2 aromatic carbocycles. The van der Waals surface area contributed by atoms with Crippen LogP contribution < -0.4 is 10.3 Å². The van der Waals surface area contributed by atoms with Crippen molar-refractivity contribution in [1.82, 2.24) is 4.98 Å². The first-order valence-corrected chi connectivity index (χ1v) is 7.94. The number of fused-ring (bicyclic) bond motifs is 2. The maximum atomic E-state index is 9.46. The van der Waals surface area contributed by atoms with Gasteiger partial charge in [0.25, 0.3) is 0 Å². The fraction of sp³-hybridized carbons (Fsp3) is 0.100. The quantitative estimate of drug-likeness (QED) is 0.445. The second-order valence-corrected chi connectivity index (χ2v) is 6.09. The molecule has 0 aliphatic rings. The highest BCUT2D eigenvalue weighted by molar-refractivity contribution is 5.86. The summed E-state index contributed by atoms with van der Waals surface area (Å²) < 4.78 is 6.02. The lowest BCUT2D eigenvalue weighted by atomic mass is 10.1. The van der Waals surface area contributed by atoms with E-state index in [1.807, 2.05) is 73.7 Å². The van der Waals surface area contributed by atoms with Crippen molar-refractivity contribution < 1.29 is 9.62 Å². The highest BCUT2D eigenvalue weighted by atomic mass is 16.4. The van der Waals surface area contributed by atoms with Crippen LogP contribution in [0, 0.1) is 0 Å². The third kappa shape index (κ3) is 2.70. The third-order valence-corrected chi connectivity index (χ3v) is 4.23. The zero-order valence-electron chi connectivity index (χ0n) is 14.0. The predicted molar refractivity (Wildman–Crippen MR) is 98.6 cm³/mol. The molecule has 5 nitrogen and oxygen atoms in total. The molecule has 4 rings (SSSR count). The maximum Gasteiger partial charge on any atom is 0.155 e. The third-order valence-electron chi connectivity index (χ3n) is 4.23. The number of hydrogen-bond donors (Lipinski definition) is 1. The summed E-state index contributed by atoms with van der Waals surface area (Å²) in [5, 5.41) is 16.2. The zero-order valence-corrected chi connectivity index (χ0v) is 14.0. The molecule has 124 valence electrons. The van der Waals surface area contributed by atoms with Gasteiger partial charge in [-0.05, 0) is 29.7 Å². The monoisotopic (exact) mass is 331 g/mol. The van der Waals surface area contributed by atoms with E-state index >= 15 is 0 Å². The van der Waals surface area contributed by atoms with Gasteiger partial charge in [-0.3, -0.25) is 4.98 Å². The first-order chi connectivity index (χ1) is 12.2. The number of benzene rings is 2. The zero-order chi connectivity index (χ0) is 17.4. The summed E-state index contributed by atoms with van der Waals surface area (Å²) in [6.45, 7) is 0. The summed E-state index contributed by atoms with van der Waals surface area (Å²) in [4.78, 5) is 6.47. The number of hydrogen-bond acceptors (Lipinski definition) is 5. The lowest BCUT2D eigenvalue weighted by Crippen LogP contribution is -2.10. The van der Waals surface area contributed by atoms with Gasteiger partial charge in [-0.1, -0.05) is 29.4 Å². The fourth-order valence-corrected chi connectivity index (χ4v) is 2.86. The predicted octanol–water partition coefficient (Wildman–Crippen LogP) is 4.00. The topological polar surface area (TPSA) is 61.9 Å². The molecular formula is C20H17N3O2. The highest BCUT2D eigenvalue weighted by Gasteiger charge is 2.09. The van der Waals surface area contributed by atoms with E-state index in [-0.39, 0.29) is 0 Å². The minimum atomic E-state index is 0.454. The smallest absolute Gasteiger partial charge is 0.155 e. The Morgan fingerprint density at radius 3 is 2.56 bits per heavy atom. The molecule has 0 bridgehead atoms. The van der Waals surface area contributed by atoms with E-state index in [4.69, 9.17) is 4.42 Å². The normalized spacial score (nSPS) is 12.0. The van der Waals surface area contributed by atoms with Gasteiger partial charge in [-0.25, -0.2) is 0 Å². The van der Waals surface area contributed by atoms with Crippen molar-refractivity contribution in [2.45, 2.75) is 0 Å². The molecular weight excluding hydrogens is 314 g/mol. The Kier molecular flexibility index (Phi) is 3.61. The van der Waals surface area contributed by atoms with Crippen molar-refractivity contribution in [1.29, 1.82) is 0 Å². The maximum absolute atomic E-state index is 9.46. The van der Waals surface area contributed by atoms with Gasteiger partial charge < -0.3 is 14.5 Å². The van der Waals surface area contributed by atoms with Crippen LogP contribution >= 0.6 is 0 Å². The highest BCUT2D eigenvalue weighted by Crippen LogP contribution is 2.25. The van der Waals surface area contributed by atoms with Crippen LogP contribution in [0.15, 0.2) is 70.4 Å². The standard InChI is InChI=1S/C20H17N3O2/c1-23(2)15-7-8-19-16(10-15)17(22-24)11-20(25-19)18-9-13-5-3-4-6-14(13)12-21-18/h3-12,24H,1-2H3/b22-17+. The molecule has 0 saturated carbocycles. The number of anilines is 1. The van der Waals surface area contributed by atoms with Crippen LogP contribution in [0.2, 0.25) is 0 Å². The number of aromatic nitrogens is 1. The first kappa shape index (κ1) is 15.2. The Bertz CT molecular complexity index is 1150. The molecule has 1 N–H and O–H groups in total. The summed E-state index contributed by atoms with van der Waals surface area (Å²) >= 11 is 0.